The number of aryl methyl sites for hydroxylation is 2. The minimum absolute atomic E-state index is 0.178. The van der Waals surface area contributed by atoms with Gasteiger partial charge in [0.15, 0.2) is 17.1 Å². The number of carbonyl (C=O) groups excluding carboxylic acids is 1. The lowest BCUT2D eigenvalue weighted by Crippen LogP contribution is -2.14. The smallest absolute Gasteiger partial charge is 0.236 e. The maximum atomic E-state index is 12.0. The number of thioether (sulfide) groups is 1. The summed E-state index contributed by atoms with van der Waals surface area (Å²) < 4.78 is 7.85. The Morgan fingerprint density at radius 2 is 2.04 bits per heavy atom. The van der Waals surface area contributed by atoms with Gasteiger partial charge in [-0.25, -0.2) is 0 Å². The summed E-state index contributed by atoms with van der Waals surface area (Å²) in [5.74, 6) is 1.40. The summed E-state index contributed by atoms with van der Waals surface area (Å²) in [5, 5.41) is 20.4. The first-order chi connectivity index (χ1) is 13.3. The van der Waals surface area contributed by atoms with Gasteiger partial charge in [0.1, 0.15) is 11.3 Å². The second-order valence-corrected chi connectivity index (χ2v) is 8.27. The number of ether oxygens (including phenoxy) is 1. The number of benzene rings is 1. The number of amides is 1. The predicted molar refractivity (Wildman–Crippen MR) is 110 cm³/mol. The normalized spacial score (nSPS) is 12.0. The highest BCUT2D eigenvalue weighted by molar-refractivity contribution is 7.99. The molecule has 2 aromatic heterocycles. The fourth-order valence-corrected chi connectivity index (χ4v) is 3.84. The first-order valence-corrected chi connectivity index (χ1v) is 10.6. The van der Waals surface area contributed by atoms with Crippen LogP contribution in [0.4, 0.5) is 5.13 Å². The number of nitrogens with zero attached hydrogens (tertiary/aromatic N) is 5. The van der Waals surface area contributed by atoms with Gasteiger partial charge in [0.25, 0.3) is 0 Å². The molecule has 0 saturated carbocycles. The highest BCUT2D eigenvalue weighted by Crippen LogP contribution is 2.29. The fraction of sp³-hybridized carbons (Fsp3) is 0.353. The Kier molecular flexibility index (Phi) is 6.53. The predicted octanol–water partition coefficient (Wildman–Crippen LogP) is 3.81. The minimum Gasteiger partial charge on any atom is -0.483 e. The second-order valence-electron chi connectivity index (χ2n) is 6.11. The van der Waals surface area contributed by atoms with Crippen molar-refractivity contribution in [2.75, 3.05) is 11.1 Å². The summed E-state index contributed by atoms with van der Waals surface area (Å²) in [6.45, 7) is 5.79. The van der Waals surface area contributed by atoms with E-state index in [1.165, 1.54) is 23.1 Å². The average molecular weight is 439 g/mol. The number of carbonyl (C=O) groups is 1. The number of hydrogen-bond donors (Lipinski definition) is 1. The Hall–Kier alpha value is -2.17. The number of halogens is 1. The van der Waals surface area contributed by atoms with Gasteiger partial charge in [-0.05, 0) is 44.0 Å². The van der Waals surface area contributed by atoms with Gasteiger partial charge in [0.2, 0.25) is 11.0 Å². The molecular formula is C17H19ClN6O2S2. The van der Waals surface area contributed by atoms with Crippen LogP contribution in [-0.4, -0.2) is 36.6 Å². The topological polar surface area (TPSA) is 94.8 Å². The number of hydrogen-bond acceptors (Lipinski definition) is 8. The van der Waals surface area contributed by atoms with E-state index in [-0.39, 0.29) is 17.8 Å². The molecule has 3 aromatic rings. The fourth-order valence-electron chi connectivity index (χ4n) is 2.55. The van der Waals surface area contributed by atoms with Crippen molar-refractivity contribution in [2.45, 2.75) is 32.0 Å². The van der Waals surface area contributed by atoms with Crippen LogP contribution < -0.4 is 10.1 Å². The molecule has 0 aliphatic carbocycles. The van der Waals surface area contributed by atoms with Crippen LogP contribution in [0.25, 0.3) is 0 Å². The average Bonchev–Trinajstić information content (AvgIpc) is 3.27. The Morgan fingerprint density at radius 1 is 1.32 bits per heavy atom. The van der Waals surface area contributed by atoms with E-state index in [9.17, 15) is 4.79 Å². The molecule has 28 heavy (non-hydrogen) atoms. The monoisotopic (exact) mass is 438 g/mol. The van der Waals surface area contributed by atoms with Gasteiger partial charge < -0.3 is 9.30 Å². The quantitative estimate of drug-likeness (QED) is 0.560. The Morgan fingerprint density at radius 3 is 2.68 bits per heavy atom. The van der Waals surface area contributed by atoms with E-state index < -0.39 is 0 Å². The summed E-state index contributed by atoms with van der Waals surface area (Å²) >= 11 is 8.77. The van der Waals surface area contributed by atoms with Gasteiger partial charge in [-0.1, -0.05) is 34.7 Å². The van der Waals surface area contributed by atoms with Gasteiger partial charge >= 0.3 is 0 Å². The zero-order valence-electron chi connectivity index (χ0n) is 15.8. The molecule has 0 aliphatic heterocycles. The highest BCUT2D eigenvalue weighted by Gasteiger charge is 2.19. The van der Waals surface area contributed by atoms with Crippen LogP contribution in [0.15, 0.2) is 22.8 Å². The van der Waals surface area contributed by atoms with Crippen LogP contribution in [-0.2, 0) is 11.8 Å². The second kappa shape index (κ2) is 8.89. The molecule has 0 saturated heterocycles. The van der Waals surface area contributed by atoms with E-state index in [4.69, 9.17) is 16.3 Å². The number of aromatic nitrogens is 5. The molecule has 0 aliphatic rings. The molecule has 1 aromatic carbocycles. The van der Waals surface area contributed by atoms with Gasteiger partial charge in [-0.2, -0.15) is 0 Å². The Balaban J connectivity index is 1.62. The van der Waals surface area contributed by atoms with Crippen LogP contribution in [0.2, 0.25) is 5.02 Å². The van der Waals surface area contributed by atoms with Gasteiger partial charge in [0.05, 0.1) is 5.75 Å². The van der Waals surface area contributed by atoms with E-state index in [1.807, 2.05) is 44.5 Å². The maximum absolute atomic E-state index is 12.0. The van der Waals surface area contributed by atoms with Crippen molar-refractivity contribution in [1.82, 2.24) is 25.0 Å². The van der Waals surface area contributed by atoms with Crippen molar-refractivity contribution < 1.29 is 9.53 Å². The first kappa shape index (κ1) is 20.6. The van der Waals surface area contributed by atoms with Crippen LogP contribution >= 0.6 is 34.7 Å². The van der Waals surface area contributed by atoms with E-state index in [0.717, 1.165) is 21.9 Å². The third kappa shape index (κ3) is 4.81. The molecule has 11 heteroatoms. The summed E-state index contributed by atoms with van der Waals surface area (Å²) in [4.78, 5) is 12.0. The molecule has 2 heterocycles. The van der Waals surface area contributed by atoms with E-state index in [1.54, 1.807) is 5.51 Å². The molecule has 0 spiro atoms. The van der Waals surface area contributed by atoms with Crippen LogP contribution in [0.3, 0.4) is 0 Å². The zero-order valence-corrected chi connectivity index (χ0v) is 18.2. The van der Waals surface area contributed by atoms with E-state index in [0.29, 0.717) is 16.1 Å². The first-order valence-electron chi connectivity index (χ1n) is 8.36. The van der Waals surface area contributed by atoms with Crippen molar-refractivity contribution in [2.24, 2.45) is 7.05 Å². The van der Waals surface area contributed by atoms with Crippen molar-refractivity contribution >= 4 is 45.7 Å². The standard InChI is InChI=1S/C17H19ClN6O2S2/c1-9-5-12(6-10(2)14(9)18)26-11(3)15-21-23-17(24(15)4)27-7-13(25)20-16-22-19-8-28-16/h5-6,8,11H,7H2,1-4H3,(H,20,22,25). The van der Waals surface area contributed by atoms with Gasteiger partial charge in [-0.15, -0.1) is 20.4 Å². The third-order valence-electron chi connectivity index (χ3n) is 3.89. The lowest BCUT2D eigenvalue weighted by molar-refractivity contribution is -0.113. The van der Waals surface area contributed by atoms with Gasteiger partial charge in [-0.3, -0.25) is 10.1 Å². The lowest BCUT2D eigenvalue weighted by Gasteiger charge is -2.16. The summed E-state index contributed by atoms with van der Waals surface area (Å²) in [6, 6.07) is 3.80. The molecule has 1 atom stereocenters. The Labute approximate surface area is 175 Å². The van der Waals surface area contributed by atoms with Gasteiger partial charge in [0, 0.05) is 12.1 Å². The molecule has 1 unspecified atom stereocenters. The van der Waals surface area contributed by atoms with Crippen molar-refractivity contribution in [1.29, 1.82) is 0 Å². The third-order valence-corrected chi connectivity index (χ3v) is 6.12. The molecule has 0 fully saturated rings. The summed E-state index contributed by atoms with van der Waals surface area (Å²) in [7, 11) is 1.85. The summed E-state index contributed by atoms with van der Waals surface area (Å²) in [5.41, 5.74) is 3.47. The van der Waals surface area contributed by atoms with Crippen molar-refractivity contribution in [3.05, 3.63) is 39.6 Å². The summed E-state index contributed by atoms with van der Waals surface area (Å²) in [6.07, 6.45) is -0.318. The zero-order chi connectivity index (χ0) is 20.3. The van der Waals surface area contributed by atoms with Crippen LogP contribution in [0, 0.1) is 13.8 Å². The van der Waals surface area contributed by atoms with E-state index >= 15 is 0 Å². The van der Waals surface area contributed by atoms with Crippen molar-refractivity contribution in [3.63, 3.8) is 0 Å². The molecule has 8 nitrogen and oxygen atoms in total. The molecule has 0 bridgehead atoms. The minimum atomic E-state index is -0.318. The van der Waals surface area contributed by atoms with E-state index in [2.05, 4.69) is 25.7 Å². The SMILES string of the molecule is Cc1cc(OC(C)c2nnc(SCC(=O)Nc3nncs3)n2C)cc(C)c1Cl. The number of anilines is 1. The molecule has 1 N–H and O–H groups in total. The molecular weight excluding hydrogens is 420 g/mol. The van der Waals surface area contributed by atoms with Crippen LogP contribution in [0.1, 0.15) is 30.0 Å². The largest absolute Gasteiger partial charge is 0.483 e. The van der Waals surface area contributed by atoms with Crippen molar-refractivity contribution in [3.8, 4) is 5.75 Å². The molecule has 3 rings (SSSR count). The van der Waals surface area contributed by atoms with Crippen LogP contribution in [0.5, 0.6) is 5.75 Å². The molecule has 148 valence electrons. The molecule has 1 amide bonds. The maximum Gasteiger partial charge on any atom is 0.236 e. The Bertz CT molecular complexity index is 953. The highest BCUT2D eigenvalue weighted by atomic mass is 35.5. The number of nitrogens with one attached hydrogen (secondary N) is 1. The lowest BCUT2D eigenvalue weighted by atomic mass is 10.1. The molecule has 0 radical (unpaired) electrons. The number of rotatable bonds is 7.